The van der Waals surface area contributed by atoms with Gasteiger partial charge in [0.25, 0.3) is 0 Å². The molecule has 35 heavy (non-hydrogen) atoms. The van der Waals surface area contributed by atoms with Gasteiger partial charge in [-0.2, -0.15) is 0 Å². The van der Waals surface area contributed by atoms with Crippen LogP contribution < -0.4 is 10.6 Å². The maximum Gasteiger partial charge on any atom is 0.408 e. The molecule has 0 spiro atoms. The zero-order valence-corrected chi connectivity index (χ0v) is 20.2. The molecule has 2 amide bonds. The molecule has 0 radical (unpaired) electrons. The van der Waals surface area contributed by atoms with Crippen LogP contribution in [0.15, 0.2) is 48.5 Å². The minimum absolute atomic E-state index is 0.00834. The molecular weight excluding hydrogens is 444 g/mol. The van der Waals surface area contributed by atoms with E-state index in [0.717, 1.165) is 41.5 Å². The zero-order chi connectivity index (χ0) is 24.8. The molecule has 0 bridgehead atoms. The van der Waals surface area contributed by atoms with Crippen molar-refractivity contribution in [2.24, 2.45) is 0 Å². The highest BCUT2D eigenvalue weighted by atomic mass is 16.5. The molecule has 7 nitrogen and oxygen atoms in total. The quantitative estimate of drug-likeness (QED) is 0.471. The van der Waals surface area contributed by atoms with Gasteiger partial charge in [-0.1, -0.05) is 74.7 Å². The van der Waals surface area contributed by atoms with Crippen molar-refractivity contribution in [1.82, 2.24) is 10.6 Å². The fourth-order valence-corrected chi connectivity index (χ4v) is 5.39. The van der Waals surface area contributed by atoms with Gasteiger partial charge in [-0.25, -0.2) is 4.79 Å². The first-order valence-corrected chi connectivity index (χ1v) is 12.6. The summed E-state index contributed by atoms with van der Waals surface area (Å²) in [6.07, 6.45) is 4.15. The van der Waals surface area contributed by atoms with Crippen molar-refractivity contribution < 1.29 is 24.2 Å². The van der Waals surface area contributed by atoms with Crippen molar-refractivity contribution in [3.05, 3.63) is 59.7 Å². The van der Waals surface area contributed by atoms with Crippen molar-refractivity contribution in [3.8, 4) is 11.1 Å². The molecule has 3 N–H and O–H groups in total. The van der Waals surface area contributed by atoms with Crippen LogP contribution in [0.4, 0.5) is 4.79 Å². The summed E-state index contributed by atoms with van der Waals surface area (Å²) >= 11 is 0. The van der Waals surface area contributed by atoms with Gasteiger partial charge < -0.3 is 20.5 Å². The summed E-state index contributed by atoms with van der Waals surface area (Å²) in [7, 11) is 0. The number of rotatable bonds is 9. The van der Waals surface area contributed by atoms with E-state index < -0.39 is 17.6 Å². The molecule has 0 aliphatic heterocycles. The monoisotopic (exact) mass is 478 g/mol. The van der Waals surface area contributed by atoms with Gasteiger partial charge in [-0.15, -0.1) is 0 Å². The van der Waals surface area contributed by atoms with Gasteiger partial charge in [-0.3, -0.25) is 9.59 Å². The molecule has 4 rings (SSSR count). The molecule has 2 aromatic rings. The standard InChI is InChI=1S/C28H34N2O5/c1-2-19(14-15-25(31)32)29-26(33)28(16-8-3-9-17-28)30-27(34)35-18-24-22-12-6-4-10-20(22)21-11-5-7-13-23(21)24/h4-7,10-13,19,24H,2-3,8-9,14-18H2,1H3,(H,29,33)(H,30,34)(H,31,32). The van der Waals surface area contributed by atoms with Crippen molar-refractivity contribution in [1.29, 1.82) is 0 Å². The molecule has 0 saturated heterocycles. The predicted molar refractivity (Wildman–Crippen MR) is 133 cm³/mol. The number of benzene rings is 2. The van der Waals surface area contributed by atoms with Gasteiger partial charge in [-0.05, 0) is 47.9 Å². The molecule has 1 saturated carbocycles. The normalized spacial score (nSPS) is 17.1. The van der Waals surface area contributed by atoms with Crippen molar-refractivity contribution in [2.75, 3.05) is 6.61 Å². The third kappa shape index (κ3) is 5.50. The lowest BCUT2D eigenvalue weighted by atomic mass is 9.80. The minimum atomic E-state index is -1.03. The summed E-state index contributed by atoms with van der Waals surface area (Å²) in [4.78, 5) is 37.3. The highest BCUT2D eigenvalue weighted by Crippen LogP contribution is 2.44. The number of fused-ring (bicyclic) bond motifs is 3. The number of carboxylic acids is 1. The van der Waals surface area contributed by atoms with Crippen molar-refractivity contribution >= 4 is 18.0 Å². The lowest BCUT2D eigenvalue weighted by Gasteiger charge is -2.37. The van der Waals surface area contributed by atoms with Crippen molar-refractivity contribution in [3.63, 3.8) is 0 Å². The van der Waals surface area contributed by atoms with Gasteiger partial charge in [0.2, 0.25) is 5.91 Å². The van der Waals surface area contributed by atoms with E-state index >= 15 is 0 Å². The predicted octanol–water partition coefficient (Wildman–Crippen LogP) is 4.99. The lowest BCUT2D eigenvalue weighted by Crippen LogP contribution is -2.61. The second-order valence-corrected chi connectivity index (χ2v) is 9.60. The Hall–Kier alpha value is -3.35. The first-order valence-electron chi connectivity index (χ1n) is 12.6. The van der Waals surface area contributed by atoms with E-state index in [9.17, 15) is 14.4 Å². The van der Waals surface area contributed by atoms with E-state index in [-0.39, 0.29) is 30.9 Å². The van der Waals surface area contributed by atoms with Crippen LogP contribution in [0, 0.1) is 0 Å². The van der Waals surface area contributed by atoms with Crippen LogP contribution in [0.25, 0.3) is 11.1 Å². The average Bonchev–Trinajstić information content (AvgIpc) is 3.19. The number of carbonyl (C=O) groups excluding carboxylic acids is 2. The molecule has 1 unspecified atom stereocenters. The summed E-state index contributed by atoms with van der Waals surface area (Å²) in [6.45, 7) is 2.10. The Morgan fingerprint density at radius 2 is 1.60 bits per heavy atom. The number of amides is 2. The third-order valence-electron chi connectivity index (χ3n) is 7.36. The van der Waals surface area contributed by atoms with Crippen LogP contribution >= 0.6 is 0 Å². The number of carboxylic acid groups (broad SMARTS) is 1. The Labute approximate surface area is 206 Å². The molecule has 2 aromatic carbocycles. The van der Waals surface area contributed by atoms with Gasteiger partial charge in [0.15, 0.2) is 0 Å². The topological polar surface area (TPSA) is 105 Å². The number of aliphatic carboxylic acids is 1. The zero-order valence-electron chi connectivity index (χ0n) is 20.2. The Kier molecular flexibility index (Phi) is 7.73. The van der Waals surface area contributed by atoms with Crippen LogP contribution in [0.3, 0.4) is 0 Å². The molecule has 1 atom stereocenters. The largest absolute Gasteiger partial charge is 0.481 e. The Balaban J connectivity index is 1.43. The maximum absolute atomic E-state index is 13.3. The van der Waals surface area contributed by atoms with E-state index in [1.807, 2.05) is 31.2 Å². The second kappa shape index (κ2) is 10.9. The molecule has 1 fully saturated rings. The van der Waals surface area contributed by atoms with E-state index in [1.165, 1.54) is 0 Å². The summed E-state index contributed by atoms with van der Waals surface area (Å²) in [5.41, 5.74) is 3.56. The SMILES string of the molecule is CCC(CCC(=O)O)NC(=O)C1(NC(=O)OCC2c3ccccc3-c3ccccc32)CCCCC1. The highest BCUT2D eigenvalue weighted by Gasteiger charge is 2.42. The van der Waals surface area contributed by atoms with Crippen LogP contribution in [0.1, 0.15) is 75.3 Å². The number of alkyl carbamates (subject to hydrolysis) is 1. The fraction of sp³-hybridized carbons (Fsp3) is 0.464. The van der Waals surface area contributed by atoms with Crippen LogP contribution in [-0.2, 0) is 14.3 Å². The molecule has 0 aromatic heterocycles. The first kappa shape index (κ1) is 24.8. The van der Waals surface area contributed by atoms with E-state index in [4.69, 9.17) is 9.84 Å². The molecule has 186 valence electrons. The number of ether oxygens (including phenoxy) is 1. The molecule has 2 aliphatic rings. The van der Waals surface area contributed by atoms with Gasteiger partial charge >= 0.3 is 12.1 Å². The van der Waals surface area contributed by atoms with E-state index in [1.54, 1.807) is 0 Å². The second-order valence-electron chi connectivity index (χ2n) is 9.60. The number of hydrogen-bond donors (Lipinski definition) is 3. The molecule has 0 heterocycles. The number of carbonyl (C=O) groups is 3. The van der Waals surface area contributed by atoms with E-state index in [0.29, 0.717) is 25.7 Å². The average molecular weight is 479 g/mol. The number of hydrogen-bond acceptors (Lipinski definition) is 4. The summed E-state index contributed by atoms with van der Waals surface area (Å²) in [5, 5.41) is 14.9. The Bertz CT molecular complexity index is 1030. The summed E-state index contributed by atoms with van der Waals surface area (Å²) < 4.78 is 5.72. The highest BCUT2D eigenvalue weighted by molar-refractivity contribution is 5.90. The lowest BCUT2D eigenvalue weighted by molar-refractivity contribution is -0.137. The third-order valence-corrected chi connectivity index (χ3v) is 7.36. The fourth-order valence-electron chi connectivity index (χ4n) is 5.39. The number of nitrogens with one attached hydrogen (secondary N) is 2. The van der Waals surface area contributed by atoms with Crippen LogP contribution in [0.5, 0.6) is 0 Å². The van der Waals surface area contributed by atoms with Crippen molar-refractivity contribution in [2.45, 2.75) is 75.8 Å². The molecule has 7 heteroatoms. The molecule has 2 aliphatic carbocycles. The Morgan fingerprint density at radius 3 is 2.17 bits per heavy atom. The van der Waals surface area contributed by atoms with Gasteiger partial charge in [0.1, 0.15) is 12.1 Å². The minimum Gasteiger partial charge on any atom is -0.481 e. The van der Waals surface area contributed by atoms with Gasteiger partial charge in [0.05, 0.1) is 0 Å². The summed E-state index contributed by atoms with van der Waals surface area (Å²) in [6, 6.07) is 16.1. The van der Waals surface area contributed by atoms with Gasteiger partial charge in [0, 0.05) is 18.4 Å². The summed E-state index contributed by atoms with van der Waals surface area (Å²) in [5.74, 6) is -1.19. The van der Waals surface area contributed by atoms with Crippen LogP contribution in [0.2, 0.25) is 0 Å². The first-order chi connectivity index (χ1) is 16.9. The smallest absolute Gasteiger partial charge is 0.408 e. The maximum atomic E-state index is 13.3. The van der Waals surface area contributed by atoms with Crippen LogP contribution in [-0.4, -0.2) is 41.3 Å². The Morgan fingerprint density at radius 1 is 1.00 bits per heavy atom. The van der Waals surface area contributed by atoms with E-state index in [2.05, 4.69) is 34.9 Å². The molecular formula is C28H34N2O5.